The van der Waals surface area contributed by atoms with Gasteiger partial charge in [-0.15, -0.1) is 0 Å². The lowest BCUT2D eigenvalue weighted by Gasteiger charge is -2.28. The molecule has 0 aliphatic carbocycles. The van der Waals surface area contributed by atoms with E-state index in [0.717, 1.165) is 22.3 Å². The first-order chi connectivity index (χ1) is 18.1. The maximum Gasteiger partial charge on any atom is 0.241 e. The molecule has 0 aliphatic rings. The van der Waals surface area contributed by atoms with E-state index in [0.29, 0.717) is 22.6 Å². The Labute approximate surface area is 223 Å². The number of hydrogen-bond acceptors (Lipinski definition) is 5. The summed E-state index contributed by atoms with van der Waals surface area (Å²) in [5.41, 5.74) is 5.75. The molecule has 0 radical (unpaired) electrons. The summed E-state index contributed by atoms with van der Waals surface area (Å²) in [7, 11) is 0. The average molecular weight is 512 g/mol. The molecule has 0 fully saturated rings. The van der Waals surface area contributed by atoms with Gasteiger partial charge in [-0.05, 0) is 69.0 Å². The fraction of sp³-hybridized carbons (Fsp3) is 0.267. The average Bonchev–Trinajstić information content (AvgIpc) is 2.88. The summed E-state index contributed by atoms with van der Waals surface area (Å²) < 4.78 is 0. The standard InChI is InChI=1S/C30H33N5O3/c1-19-10-8-11-20(2)28(19)33-26(36)17-35(18-27(37)34-29-21(3)12-9-13-22(29)4)23(5)30(38)32-25-15-7-6-14-24(25)16-31/h6-15,23H,17-18H2,1-5H3,(H,32,38)(H,33,36)(H,34,37)/t23-/m1/s1. The van der Waals surface area contributed by atoms with Crippen molar-refractivity contribution in [2.45, 2.75) is 40.7 Å². The van der Waals surface area contributed by atoms with Crippen molar-refractivity contribution >= 4 is 34.8 Å². The Kier molecular flexibility index (Phi) is 9.36. The van der Waals surface area contributed by atoms with Gasteiger partial charge < -0.3 is 16.0 Å². The van der Waals surface area contributed by atoms with Crippen LogP contribution in [0.15, 0.2) is 60.7 Å². The molecule has 0 aromatic heterocycles. The number of nitrogens with one attached hydrogen (secondary N) is 3. The van der Waals surface area contributed by atoms with Crippen LogP contribution < -0.4 is 16.0 Å². The number of rotatable bonds is 9. The number of nitriles is 1. The highest BCUT2D eigenvalue weighted by Gasteiger charge is 2.27. The van der Waals surface area contributed by atoms with Crippen molar-refractivity contribution in [2.75, 3.05) is 29.0 Å². The summed E-state index contributed by atoms with van der Waals surface area (Å²) in [6.07, 6.45) is 0. The monoisotopic (exact) mass is 511 g/mol. The molecule has 0 spiro atoms. The predicted octanol–water partition coefficient (Wildman–Crippen LogP) is 4.70. The van der Waals surface area contributed by atoms with Gasteiger partial charge in [-0.2, -0.15) is 5.26 Å². The van der Waals surface area contributed by atoms with Gasteiger partial charge in [0.25, 0.3) is 0 Å². The van der Waals surface area contributed by atoms with E-state index in [1.165, 1.54) is 4.90 Å². The molecule has 3 aromatic rings. The molecule has 8 heteroatoms. The molecule has 0 unspecified atom stereocenters. The number of nitrogens with zero attached hydrogens (tertiary/aromatic N) is 2. The molecule has 3 aromatic carbocycles. The van der Waals surface area contributed by atoms with Crippen LogP contribution in [-0.2, 0) is 14.4 Å². The van der Waals surface area contributed by atoms with Gasteiger partial charge in [0.1, 0.15) is 6.07 Å². The van der Waals surface area contributed by atoms with E-state index in [2.05, 4.69) is 22.0 Å². The van der Waals surface area contributed by atoms with Crippen LogP contribution in [0.3, 0.4) is 0 Å². The SMILES string of the molecule is Cc1cccc(C)c1NC(=O)CN(CC(=O)Nc1c(C)cccc1C)[C@H](C)C(=O)Nc1ccccc1C#N. The Balaban J connectivity index is 1.82. The minimum Gasteiger partial charge on any atom is -0.324 e. The summed E-state index contributed by atoms with van der Waals surface area (Å²) in [6, 6.07) is 19.3. The number of amides is 3. The summed E-state index contributed by atoms with van der Waals surface area (Å²) >= 11 is 0. The van der Waals surface area contributed by atoms with E-state index in [-0.39, 0.29) is 24.9 Å². The summed E-state index contributed by atoms with van der Waals surface area (Å²) in [4.78, 5) is 40.9. The molecule has 0 heterocycles. The van der Waals surface area contributed by atoms with Crippen LogP contribution in [0.4, 0.5) is 17.1 Å². The predicted molar refractivity (Wildman–Crippen MR) is 150 cm³/mol. The molecule has 3 rings (SSSR count). The molecule has 3 amide bonds. The van der Waals surface area contributed by atoms with Gasteiger partial charge in [0.2, 0.25) is 17.7 Å². The zero-order valence-corrected chi connectivity index (χ0v) is 22.4. The third kappa shape index (κ3) is 7.05. The zero-order chi connectivity index (χ0) is 27.8. The van der Waals surface area contributed by atoms with Crippen LogP contribution >= 0.6 is 0 Å². The van der Waals surface area contributed by atoms with Gasteiger partial charge in [0, 0.05) is 11.4 Å². The van der Waals surface area contributed by atoms with Crippen LogP contribution in [0.2, 0.25) is 0 Å². The van der Waals surface area contributed by atoms with Gasteiger partial charge in [0.15, 0.2) is 0 Å². The lowest BCUT2D eigenvalue weighted by Crippen LogP contribution is -2.49. The first-order valence-corrected chi connectivity index (χ1v) is 12.4. The first kappa shape index (κ1) is 28.1. The molecular weight excluding hydrogens is 478 g/mol. The summed E-state index contributed by atoms with van der Waals surface area (Å²) in [5, 5.41) is 18.0. The maximum absolute atomic E-state index is 13.2. The molecular formula is C30H33N5O3. The second-order valence-electron chi connectivity index (χ2n) is 9.36. The maximum atomic E-state index is 13.2. The molecule has 196 valence electrons. The zero-order valence-electron chi connectivity index (χ0n) is 22.4. The lowest BCUT2D eigenvalue weighted by atomic mass is 10.1. The highest BCUT2D eigenvalue weighted by molar-refractivity contribution is 5.99. The van der Waals surface area contributed by atoms with Crippen molar-refractivity contribution < 1.29 is 14.4 Å². The molecule has 0 aliphatic heterocycles. The van der Waals surface area contributed by atoms with Gasteiger partial charge in [0.05, 0.1) is 30.4 Å². The Hall–Kier alpha value is -4.48. The molecule has 38 heavy (non-hydrogen) atoms. The van der Waals surface area contributed by atoms with E-state index < -0.39 is 11.9 Å². The molecule has 0 bridgehead atoms. The van der Waals surface area contributed by atoms with Crippen LogP contribution in [0.5, 0.6) is 0 Å². The number of benzene rings is 3. The lowest BCUT2D eigenvalue weighted by molar-refractivity contribution is -0.125. The third-order valence-corrected chi connectivity index (χ3v) is 6.42. The van der Waals surface area contributed by atoms with Gasteiger partial charge >= 0.3 is 0 Å². The van der Waals surface area contributed by atoms with E-state index in [1.54, 1.807) is 31.2 Å². The largest absolute Gasteiger partial charge is 0.324 e. The number of aryl methyl sites for hydroxylation is 4. The second-order valence-corrected chi connectivity index (χ2v) is 9.36. The first-order valence-electron chi connectivity index (χ1n) is 12.4. The van der Waals surface area contributed by atoms with E-state index in [9.17, 15) is 19.6 Å². The Bertz CT molecular complexity index is 1280. The minimum absolute atomic E-state index is 0.192. The van der Waals surface area contributed by atoms with Gasteiger partial charge in [-0.25, -0.2) is 0 Å². The highest BCUT2D eigenvalue weighted by atomic mass is 16.2. The van der Waals surface area contributed by atoms with Crippen molar-refractivity contribution in [3.05, 3.63) is 88.5 Å². The molecule has 1 atom stereocenters. The van der Waals surface area contributed by atoms with Crippen molar-refractivity contribution in [3.63, 3.8) is 0 Å². The van der Waals surface area contributed by atoms with Crippen molar-refractivity contribution in [1.29, 1.82) is 5.26 Å². The van der Waals surface area contributed by atoms with Crippen LogP contribution in [0, 0.1) is 39.0 Å². The quantitative estimate of drug-likeness (QED) is 0.385. The number of para-hydroxylation sites is 3. The van der Waals surface area contributed by atoms with E-state index in [1.807, 2.05) is 64.1 Å². The van der Waals surface area contributed by atoms with Crippen LogP contribution in [0.25, 0.3) is 0 Å². The van der Waals surface area contributed by atoms with E-state index >= 15 is 0 Å². The number of hydrogen-bond donors (Lipinski definition) is 3. The Morgan fingerprint density at radius 1 is 0.737 bits per heavy atom. The minimum atomic E-state index is -0.853. The van der Waals surface area contributed by atoms with Crippen molar-refractivity contribution in [2.24, 2.45) is 0 Å². The Morgan fingerprint density at radius 2 is 1.18 bits per heavy atom. The topological polar surface area (TPSA) is 114 Å². The number of carbonyl (C=O) groups is 3. The fourth-order valence-electron chi connectivity index (χ4n) is 4.17. The van der Waals surface area contributed by atoms with Crippen molar-refractivity contribution in [3.8, 4) is 6.07 Å². The highest BCUT2D eigenvalue weighted by Crippen LogP contribution is 2.21. The third-order valence-electron chi connectivity index (χ3n) is 6.42. The fourth-order valence-corrected chi connectivity index (χ4v) is 4.17. The van der Waals surface area contributed by atoms with E-state index in [4.69, 9.17) is 0 Å². The smallest absolute Gasteiger partial charge is 0.241 e. The number of carbonyl (C=O) groups excluding carboxylic acids is 3. The summed E-state index contributed by atoms with van der Waals surface area (Å²) in [6.45, 7) is 8.86. The van der Waals surface area contributed by atoms with Crippen LogP contribution in [-0.4, -0.2) is 41.8 Å². The van der Waals surface area contributed by atoms with Crippen molar-refractivity contribution in [1.82, 2.24) is 4.90 Å². The Morgan fingerprint density at radius 3 is 1.63 bits per heavy atom. The van der Waals surface area contributed by atoms with Gasteiger partial charge in [-0.3, -0.25) is 19.3 Å². The van der Waals surface area contributed by atoms with Gasteiger partial charge in [-0.1, -0.05) is 48.5 Å². The second kappa shape index (κ2) is 12.7. The number of anilines is 3. The molecule has 3 N–H and O–H groups in total. The molecule has 0 saturated carbocycles. The summed E-state index contributed by atoms with van der Waals surface area (Å²) in [5.74, 6) is -1.13. The normalized spacial score (nSPS) is 11.4. The van der Waals surface area contributed by atoms with Crippen LogP contribution in [0.1, 0.15) is 34.7 Å². The molecule has 0 saturated heterocycles. The molecule has 8 nitrogen and oxygen atoms in total.